The third-order valence-corrected chi connectivity index (χ3v) is 6.76. The van der Waals surface area contributed by atoms with E-state index >= 15 is 0 Å². The van der Waals surface area contributed by atoms with Crippen LogP contribution in [-0.2, 0) is 14.8 Å². The Bertz CT molecular complexity index is 911. The van der Waals surface area contributed by atoms with Gasteiger partial charge in [0.05, 0.1) is 5.69 Å². The molecule has 0 spiro atoms. The molecule has 1 amide bonds. The molecule has 6 nitrogen and oxygen atoms in total. The van der Waals surface area contributed by atoms with Crippen molar-refractivity contribution in [3.05, 3.63) is 61.3 Å². The number of piperidine rings is 1. The highest BCUT2D eigenvalue weighted by Crippen LogP contribution is 2.26. The van der Waals surface area contributed by atoms with Crippen molar-refractivity contribution >= 4 is 15.9 Å². The second-order valence-electron chi connectivity index (χ2n) is 6.64. The Labute approximate surface area is 160 Å². The van der Waals surface area contributed by atoms with Crippen LogP contribution in [-0.4, -0.2) is 42.2 Å². The third-order valence-electron chi connectivity index (χ3n) is 4.76. The number of sulfonamides is 1. The molecule has 0 aliphatic carbocycles. The molecule has 1 aromatic heterocycles. The molecular weight excluding hydrogens is 362 g/mol. The second kappa shape index (κ2) is 8.02. The average Bonchev–Trinajstić information content (AvgIpc) is 2.68. The first-order valence-electron chi connectivity index (χ1n) is 8.88. The minimum Gasteiger partial charge on any atom is -0.350 e. The van der Waals surface area contributed by atoms with Crippen molar-refractivity contribution in [2.45, 2.75) is 36.7 Å². The second-order valence-corrected chi connectivity index (χ2v) is 8.53. The van der Waals surface area contributed by atoms with Crippen molar-refractivity contribution in [2.24, 2.45) is 0 Å². The smallest absolute Gasteiger partial charge is 0.244 e. The van der Waals surface area contributed by atoms with E-state index in [0.29, 0.717) is 19.4 Å². The first kappa shape index (κ1) is 19.3. The monoisotopic (exact) mass is 385 g/mol. The van der Waals surface area contributed by atoms with Crippen molar-refractivity contribution in [1.29, 1.82) is 0 Å². The lowest BCUT2D eigenvalue weighted by Gasteiger charge is -2.36. The van der Waals surface area contributed by atoms with Crippen LogP contribution in [0.15, 0.2) is 66.2 Å². The number of aromatic nitrogens is 1. The number of rotatable bonds is 5. The highest BCUT2D eigenvalue weighted by atomic mass is 32.2. The summed E-state index contributed by atoms with van der Waals surface area (Å²) >= 11 is 0. The van der Waals surface area contributed by atoms with E-state index in [1.807, 2.05) is 37.3 Å². The van der Waals surface area contributed by atoms with Crippen LogP contribution >= 0.6 is 0 Å². The van der Waals surface area contributed by atoms with E-state index in [-0.39, 0.29) is 22.9 Å². The molecular formula is C20H23N3O3S. The molecule has 2 unspecified atom stereocenters. The van der Waals surface area contributed by atoms with Gasteiger partial charge in [0.15, 0.2) is 0 Å². The Balaban J connectivity index is 1.75. The van der Waals surface area contributed by atoms with Crippen LogP contribution in [0, 0.1) is 0 Å². The van der Waals surface area contributed by atoms with E-state index in [9.17, 15) is 13.2 Å². The number of carbonyl (C=O) groups excluding carboxylic acids is 1. The Morgan fingerprint density at radius 3 is 2.59 bits per heavy atom. The maximum absolute atomic E-state index is 13.0. The number of amides is 1. The van der Waals surface area contributed by atoms with Crippen LogP contribution in [0.5, 0.6) is 0 Å². The van der Waals surface area contributed by atoms with Crippen LogP contribution in [0.25, 0.3) is 11.3 Å². The molecule has 0 bridgehead atoms. The van der Waals surface area contributed by atoms with Gasteiger partial charge in [0.1, 0.15) is 4.90 Å². The molecule has 1 fully saturated rings. The fourth-order valence-corrected chi connectivity index (χ4v) is 4.95. The molecule has 1 aliphatic heterocycles. The topological polar surface area (TPSA) is 79.4 Å². The lowest BCUT2D eigenvalue weighted by molar-refractivity contribution is -0.117. The molecule has 0 saturated carbocycles. The zero-order valence-corrected chi connectivity index (χ0v) is 16.0. The Kier molecular flexibility index (Phi) is 5.72. The molecule has 142 valence electrons. The lowest BCUT2D eigenvalue weighted by atomic mass is 10.0. The number of carbonyl (C=O) groups is 1. The Morgan fingerprint density at radius 2 is 2.00 bits per heavy atom. The molecule has 1 N–H and O–H groups in total. The van der Waals surface area contributed by atoms with Crippen LogP contribution in [0.4, 0.5) is 0 Å². The first-order valence-corrected chi connectivity index (χ1v) is 10.3. The molecule has 3 rings (SSSR count). The number of nitrogens with zero attached hydrogens (tertiary/aromatic N) is 2. The van der Waals surface area contributed by atoms with E-state index in [0.717, 1.165) is 11.3 Å². The first-order chi connectivity index (χ1) is 12.9. The zero-order valence-electron chi connectivity index (χ0n) is 15.2. The van der Waals surface area contributed by atoms with Gasteiger partial charge < -0.3 is 5.32 Å². The van der Waals surface area contributed by atoms with E-state index < -0.39 is 10.0 Å². The van der Waals surface area contributed by atoms with Crippen LogP contribution in [0.1, 0.15) is 19.8 Å². The summed E-state index contributed by atoms with van der Waals surface area (Å²) in [5.41, 5.74) is 1.67. The summed E-state index contributed by atoms with van der Waals surface area (Å²) in [6.07, 6.45) is 3.77. The van der Waals surface area contributed by atoms with Gasteiger partial charge >= 0.3 is 0 Å². The normalized spacial score (nSPS) is 20.8. The molecule has 2 atom stereocenters. The molecule has 2 aromatic rings. The summed E-state index contributed by atoms with van der Waals surface area (Å²) in [6.45, 7) is 5.65. The van der Waals surface area contributed by atoms with E-state index in [4.69, 9.17) is 0 Å². The zero-order chi connectivity index (χ0) is 19.4. The van der Waals surface area contributed by atoms with Gasteiger partial charge in [-0.1, -0.05) is 36.9 Å². The highest BCUT2D eigenvalue weighted by molar-refractivity contribution is 7.89. The van der Waals surface area contributed by atoms with Crippen molar-refractivity contribution < 1.29 is 13.2 Å². The number of hydrogen-bond acceptors (Lipinski definition) is 4. The summed E-state index contributed by atoms with van der Waals surface area (Å²) in [7, 11) is -3.63. The highest BCUT2D eigenvalue weighted by Gasteiger charge is 2.35. The van der Waals surface area contributed by atoms with E-state index in [1.54, 1.807) is 12.1 Å². The number of nitrogens with one attached hydrogen (secondary N) is 1. The van der Waals surface area contributed by atoms with Crippen LogP contribution in [0.3, 0.4) is 0 Å². The molecule has 1 aromatic carbocycles. The van der Waals surface area contributed by atoms with Crippen molar-refractivity contribution in [1.82, 2.24) is 14.6 Å². The third kappa shape index (κ3) is 4.26. The molecule has 0 radical (unpaired) electrons. The minimum atomic E-state index is -3.63. The standard InChI is InChI=1S/C20H23N3O3S/c1-3-20(24)22-17-11-12-23(15(2)13-17)27(25,26)18-9-10-19(21-14-18)16-7-5-4-6-8-16/h3-10,14-15,17H,1,11-13H2,2H3,(H,22,24). The SMILES string of the molecule is C=CC(=O)NC1CCN(S(=O)(=O)c2ccc(-c3ccccc3)nc2)C(C)C1. The van der Waals surface area contributed by atoms with Crippen LogP contribution in [0.2, 0.25) is 0 Å². The Hall–Kier alpha value is -2.51. The van der Waals surface area contributed by atoms with Gasteiger partial charge in [-0.15, -0.1) is 0 Å². The number of hydrogen-bond donors (Lipinski definition) is 1. The van der Waals surface area contributed by atoms with Crippen LogP contribution < -0.4 is 5.32 Å². The van der Waals surface area contributed by atoms with E-state index in [1.165, 1.54) is 16.6 Å². The Morgan fingerprint density at radius 1 is 1.26 bits per heavy atom. The summed E-state index contributed by atoms with van der Waals surface area (Å²) in [5, 5.41) is 2.85. The largest absolute Gasteiger partial charge is 0.350 e. The van der Waals surface area contributed by atoms with Crippen molar-refractivity contribution in [3.8, 4) is 11.3 Å². The molecule has 1 aliphatic rings. The predicted molar refractivity (Wildman–Crippen MR) is 104 cm³/mol. The molecule has 7 heteroatoms. The van der Waals surface area contributed by atoms with Crippen molar-refractivity contribution in [3.63, 3.8) is 0 Å². The van der Waals surface area contributed by atoms with Gasteiger partial charge in [0, 0.05) is 30.4 Å². The van der Waals surface area contributed by atoms with Gasteiger partial charge in [-0.2, -0.15) is 4.31 Å². The fourth-order valence-electron chi connectivity index (χ4n) is 3.35. The van der Waals surface area contributed by atoms with Crippen molar-refractivity contribution in [2.75, 3.05) is 6.54 Å². The van der Waals surface area contributed by atoms with Gasteiger partial charge in [0.2, 0.25) is 15.9 Å². The quantitative estimate of drug-likeness (QED) is 0.803. The van der Waals surface area contributed by atoms with Gasteiger partial charge in [0.25, 0.3) is 0 Å². The fraction of sp³-hybridized carbons (Fsp3) is 0.300. The predicted octanol–water partition coefficient (Wildman–Crippen LogP) is 2.59. The lowest BCUT2D eigenvalue weighted by Crippen LogP contribution is -2.50. The summed E-state index contributed by atoms with van der Waals surface area (Å²) in [5.74, 6) is -0.232. The number of pyridine rings is 1. The van der Waals surface area contributed by atoms with Gasteiger partial charge in [-0.3, -0.25) is 9.78 Å². The molecule has 2 heterocycles. The summed E-state index contributed by atoms with van der Waals surface area (Å²) in [6, 6.07) is 12.7. The maximum atomic E-state index is 13.0. The minimum absolute atomic E-state index is 0.0458. The molecule has 1 saturated heterocycles. The summed E-state index contributed by atoms with van der Waals surface area (Å²) in [4.78, 5) is 16.0. The van der Waals surface area contributed by atoms with Gasteiger partial charge in [-0.25, -0.2) is 8.42 Å². The molecule has 27 heavy (non-hydrogen) atoms. The number of benzene rings is 1. The van der Waals surface area contributed by atoms with Gasteiger partial charge in [-0.05, 0) is 38.0 Å². The average molecular weight is 385 g/mol. The van der Waals surface area contributed by atoms with E-state index in [2.05, 4.69) is 16.9 Å². The maximum Gasteiger partial charge on any atom is 0.244 e. The summed E-state index contributed by atoms with van der Waals surface area (Å²) < 4.78 is 27.5.